The van der Waals surface area contributed by atoms with E-state index in [4.69, 9.17) is 5.73 Å². The van der Waals surface area contributed by atoms with Crippen LogP contribution in [-0.4, -0.2) is 17.6 Å². The van der Waals surface area contributed by atoms with Gasteiger partial charge in [-0.2, -0.15) is 13.2 Å². The zero-order valence-electron chi connectivity index (χ0n) is 10.5. The Bertz CT molecular complexity index is 360. The Balaban J connectivity index is 2.49. The van der Waals surface area contributed by atoms with Crippen molar-refractivity contribution in [3.8, 4) is 0 Å². The minimum atomic E-state index is -4.35. The highest BCUT2D eigenvalue weighted by molar-refractivity contribution is 5.36. The molecule has 0 aliphatic rings. The van der Waals surface area contributed by atoms with Gasteiger partial charge in [0.25, 0.3) is 0 Å². The number of halogens is 3. The standard InChI is InChI=1S/C12H18F3N3/c1-8(2)5-10(16)7-18-11-4-3-9(6-17-11)12(13,14)15/h3-4,6,8,10H,5,7,16H2,1-2H3,(H,17,18). The third-order valence-electron chi connectivity index (χ3n) is 2.41. The van der Waals surface area contributed by atoms with Crippen molar-refractivity contribution in [1.82, 2.24) is 4.98 Å². The zero-order valence-corrected chi connectivity index (χ0v) is 10.5. The van der Waals surface area contributed by atoms with Crippen LogP contribution in [0.25, 0.3) is 0 Å². The molecule has 0 radical (unpaired) electrons. The van der Waals surface area contributed by atoms with E-state index in [-0.39, 0.29) is 6.04 Å². The Hall–Kier alpha value is -1.30. The summed E-state index contributed by atoms with van der Waals surface area (Å²) in [6.45, 7) is 4.63. The average molecular weight is 261 g/mol. The van der Waals surface area contributed by atoms with Crippen molar-refractivity contribution in [2.75, 3.05) is 11.9 Å². The van der Waals surface area contributed by atoms with Crippen LogP contribution < -0.4 is 11.1 Å². The molecule has 1 rings (SSSR count). The normalized spacial score (nSPS) is 13.7. The number of alkyl halides is 3. The van der Waals surface area contributed by atoms with E-state index in [1.54, 1.807) is 0 Å². The molecule has 18 heavy (non-hydrogen) atoms. The van der Waals surface area contributed by atoms with E-state index < -0.39 is 11.7 Å². The van der Waals surface area contributed by atoms with Gasteiger partial charge >= 0.3 is 6.18 Å². The van der Waals surface area contributed by atoms with Gasteiger partial charge in [0.1, 0.15) is 5.82 Å². The Kier molecular flexibility index (Phi) is 4.95. The second-order valence-electron chi connectivity index (χ2n) is 4.70. The topological polar surface area (TPSA) is 50.9 Å². The van der Waals surface area contributed by atoms with Crippen LogP contribution in [0.5, 0.6) is 0 Å². The van der Waals surface area contributed by atoms with Gasteiger partial charge < -0.3 is 11.1 Å². The van der Waals surface area contributed by atoms with Crippen molar-refractivity contribution in [2.24, 2.45) is 11.7 Å². The number of hydrogen-bond acceptors (Lipinski definition) is 3. The minimum absolute atomic E-state index is 0.0332. The minimum Gasteiger partial charge on any atom is -0.369 e. The predicted molar refractivity (Wildman–Crippen MR) is 65.2 cm³/mol. The molecule has 102 valence electrons. The fourth-order valence-corrected chi connectivity index (χ4v) is 1.59. The van der Waals surface area contributed by atoms with Crippen LogP contribution >= 0.6 is 0 Å². The number of pyridine rings is 1. The van der Waals surface area contributed by atoms with Crippen molar-refractivity contribution in [2.45, 2.75) is 32.5 Å². The molecular weight excluding hydrogens is 243 g/mol. The van der Waals surface area contributed by atoms with E-state index in [0.29, 0.717) is 18.3 Å². The van der Waals surface area contributed by atoms with Crippen molar-refractivity contribution in [3.05, 3.63) is 23.9 Å². The molecule has 0 amide bonds. The van der Waals surface area contributed by atoms with Gasteiger partial charge in [-0.1, -0.05) is 13.8 Å². The van der Waals surface area contributed by atoms with E-state index in [1.807, 2.05) is 0 Å². The molecule has 6 heteroatoms. The SMILES string of the molecule is CC(C)CC(N)CNc1ccc(C(F)(F)F)cn1. The molecular formula is C12H18F3N3. The quantitative estimate of drug-likeness (QED) is 0.857. The molecule has 0 aliphatic carbocycles. The molecule has 0 fully saturated rings. The summed E-state index contributed by atoms with van der Waals surface area (Å²) >= 11 is 0. The first kappa shape index (κ1) is 14.8. The summed E-state index contributed by atoms with van der Waals surface area (Å²) in [4.78, 5) is 3.71. The summed E-state index contributed by atoms with van der Waals surface area (Å²) in [5.41, 5.74) is 5.10. The number of nitrogens with zero attached hydrogens (tertiary/aromatic N) is 1. The predicted octanol–water partition coefficient (Wildman–Crippen LogP) is 2.89. The lowest BCUT2D eigenvalue weighted by molar-refractivity contribution is -0.137. The summed E-state index contributed by atoms with van der Waals surface area (Å²) in [7, 11) is 0. The molecule has 1 aromatic heterocycles. The monoisotopic (exact) mass is 261 g/mol. The van der Waals surface area contributed by atoms with Crippen LogP contribution in [0.1, 0.15) is 25.8 Å². The first-order valence-corrected chi connectivity index (χ1v) is 5.81. The number of nitrogens with two attached hydrogens (primary N) is 1. The Morgan fingerprint density at radius 1 is 1.33 bits per heavy atom. The summed E-state index contributed by atoms with van der Waals surface area (Å²) in [5.74, 6) is 0.893. The van der Waals surface area contributed by atoms with Gasteiger partial charge in [0.05, 0.1) is 5.56 Å². The largest absolute Gasteiger partial charge is 0.417 e. The lowest BCUT2D eigenvalue weighted by atomic mass is 10.0. The summed E-state index contributed by atoms with van der Waals surface area (Å²) in [6.07, 6.45) is -2.68. The molecule has 3 N–H and O–H groups in total. The van der Waals surface area contributed by atoms with Crippen LogP contribution in [0.2, 0.25) is 0 Å². The highest BCUT2D eigenvalue weighted by Gasteiger charge is 2.30. The lowest BCUT2D eigenvalue weighted by Crippen LogP contribution is -2.30. The molecule has 1 aromatic rings. The fraction of sp³-hybridized carbons (Fsp3) is 0.583. The molecule has 0 saturated heterocycles. The number of anilines is 1. The van der Waals surface area contributed by atoms with Crippen LogP contribution in [0, 0.1) is 5.92 Å². The second kappa shape index (κ2) is 6.04. The van der Waals surface area contributed by atoms with E-state index in [2.05, 4.69) is 24.1 Å². The fourth-order valence-electron chi connectivity index (χ4n) is 1.59. The average Bonchev–Trinajstić information content (AvgIpc) is 2.25. The van der Waals surface area contributed by atoms with Crippen LogP contribution in [0.15, 0.2) is 18.3 Å². The first-order valence-electron chi connectivity index (χ1n) is 5.81. The van der Waals surface area contributed by atoms with Gasteiger partial charge in [0.15, 0.2) is 0 Å². The third-order valence-corrected chi connectivity index (χ3v) is 2.41. The maximum Gasteiger partial charge on any atom is 0.417 e. The maximum absolute atomic E-state index is 12.3. The number of nitrogens with one attached hydrogen (secondary N) is 1. The van der Waals surface area contributed by atoms with E-state index in [0.717, 1.165) is 18.7 Å². The van der Waals surface area contributed by atoms with Gasteiger partial charge in [-0.25, -0.2) is 4.98 Å². The molecule has 0 spiro atoms. The maximum atomic E-state index is 12.3. The molecule has 0 saturated carbocycles. The number of hydrogen-bond donors (Lipinski definition) is 2. The Labute approximate surface area is 105 Å². The Morgan fingerprint density at radius 2 is 2.00 bits per heavy atom. The molecule has 1 heterocycles. The summed E-state index contributed by atoms with van der Waals surface area (Å²) < 4.78 is 36.9. The highest BCUT2D eigenvalue weighted by Crippen LogP contribution is 2.28. The molecule has 0 bridgehead atoms. The lowest BCUT2D eigenvalue weighted by Gasteiger charge is -2.15. The van der Waals surface area contributed by atoms with Crippen LogP contribution in [0.4, 0.5) is 19.0 Å². The number of aromatic nitrogens is 1. The van der Waals surface area contributed by atoms with Gasteiger partial charge in [0.2, 0.25) is 0 Å². The first-order chi connectivity index (χ1) is 8.29. The third kappa shape index (κ3) is 4.91. The van der Waals surface area contributed by atoms with Crippen molar-refractivity contribution in [3.63, 3.8) is 0 Å². The van der Waals surface area contributed by atoms with Crippen LogP contribution in [-0.2, 0) is 6.18 Å². The highest BCUT2D eigenvalue weighted by atomic mass is 19.4. The van der Waals surface area contributed by atoms with Gasteiger partial charge in [-0.05, 0) is 24.5 Å². The van der Waals surface area contributed by atoms with Crippen LogP contribution in [0.3, 0.4) is 0 Å². The molecule has 1 unspecified atom stereocenters. The van der Waals surface area contributed by atoms with Crippen molar-refractivity contribution in [1.29, 1.82) is 0 Å². The van der Waals surface area contributed by atoms with Gasteiger partial charge in [0, 0.05) is 18.8 Å². The van der Waals surface area contributed by atoms with E-state index >= 15 is 0 Å². The smallest absolute Gasteiger partial charge is 0.369 e. The number of rotatable bonds is 5. The second-order valence-corrected chi connectivity index (χ2v) is 4.70. The van der Waals surface area contributed by atoms with Gasteiger partial charge in [-0.15, -0.1) is 0 Å². The molecule has 3 nitrogen and oxygen atoms in total. The summed E-state index contributed by atoms with van der Waals surface area (Å²) in [5, 5.41) is 2.92. The summed E-state index contributed by atoms with van der Waals surface area (Å²) in [6, 6.07) is 2.28. The van der Waals surface area contributed by atoms with Gasteiger partial charge in [-0.3, -0.25) is 0 Å². The van der Waals surface area contributed by atoms with Crippen molar-refractivity contribution >= 4 is 5.82 Å². The van der Waals surface area contributed by atoms with Crippen molar-refractivity contribution < 1.29 is 13.2 Å². The van der Waals surface area contributed by atoms with E-state index in [1.165, 1.54) is 6.07 Å². The Morgan fingerprint density at radius 3 is 2.44 bits per heavy atom. The molecule has 0 aliphatic heterocycles. The molecule has 0 aromatic carbocycles. The molecule has 1 atom stereocenters. The zero-order chi connectivity index (χ0) is 13.8. The van der Waals surface area contributed by atoms with E-state index in [9.17, 15) is 13.2 Å².